The van der Waals surface area contributed by atoms with Crippen molar-refractivity contribution in [3.63, 3.8) is 0 Å². The molecular weight excluding hydrogens is 175 g/mol. The zero-order valence-electron chi connectivity index (χ0n) is 6.45. The van der Waals surface area contributed by atoms with Crippen LogP contribution in [0.5, 0.6) is 0 Å². The van der Waals surface area contributed by atoms with Crippen LogP contribution in [0, 0.1) is 5.82 Å². The molecule has 13 heavy (non-hydrogen) atoms. The van der Waals surface area contributed by atoms with E-state index in [0.717, 1.165) is 10.5 Å². The number of fused-ring (bicyclic) bond motifs is 1. The number of nitrogens with one attached hydrogen (secondary N) is 1. The van der Waals surface area contributed by atoms with Crippen LogP contribution in [-0.2, 0) is 0 Å². The van der Waals surface area contributed by atoms with Gasteiger partial charge >= 0.3 is 5.69 Å². The molecule has 2 heterocycles. The Kier molecular flexibility index (Phi) is 1.51. The largest absolute Gasteiger partial charge is 0.333 e. The zero-order valence-corrected chi connectivity index (χ0v) is 6.45. The Balaban J connectivity index is 3.12. The molecule has 0 aliphatic rings. The molecule has 0 saturated carbocycles. The van der Waals surface area contributed by atoms with Gasteiger partial charge in [0.2, 0.25) is 0 Å². The lowest BCUT2D eigenvalue weighted by Crippen LogP contribution is -2.25. The summed E-state index contributed by atoms with van der Waals surface area (Å²) in [5.41, 5.74) is -1.26. The standard InChI is InChI=1S/C8H5FN2O2/c9-5-2-1-3-11-6(5)4-7(12)10-8(11)13/h1-4H,(H,10,12,13). The maximum Gasteiger partial charge on any atom is 0.333 e. The second kappa shape index (κ2) is 2.55. The minimum atomic E-state index is -0.637. The Labute approximate surface area is 71.3 Å². The van der Waals surface area contributed by atoms with Gasteiger partial charge in [-0.3, -0.25) is 14.2 Å². The summed E-state index contributed by atoms with van der Waals surface area (Å²) in [7, 11) is 0. The average Bonchev–Trinajstić information content (AvgIpc) is 2.07. The van der Waals surface area contributed by atoms with Gasteiger partial charge in [0.15, 0.2) is 0 Å². The topological polar surface area (TPSA) is 54.3 Å². The number of H-pyrrole nitrogens is 1. The van der Waals surface area contributed by atoms with Crippen LogP contribution in [0.1, 0.15) is 0 Å². The number of nitrogens with zero attached hydrogens (tertiary/aromatic N) is 1. The van der Waals surface area contributed by atoms with Crippen LogP contribution < -0.4 is 11.2 Å². The second-order valence-electron chi connectivity index (χ2n) is 2.55. The number of aromatic amines is 1. The first-order valence-electron chi connectivity index (χ1n) is 3.59. The summed E-state index contributed by atoms with van der Waals surface area (Å²) in [6, 6.07) is 3.62. The smallest absolute Gasteiger partial charge is 0.274 e. The number of pyridine rings is 1. The first-order chi connectivity index (χ1) is 6.18. The highest BCUT2D eigenvalue weighted by molar-refractivity contribution is 5.46. The van der Waals surface area contributed by atoms with Crippen molar-refractivity contribution in [1.82, 2.24) is 9.38 Å². The minimum absolute atomic E-state index is 0.0174. The molecule has 5 heteroatoms. The van der Waals surface area contributed by atoms with Crippen LogP contribution in [0.2, 0.25) is 0 Å². The van der Waals surface area contributed by atoms with Gasteiger partial charge in [-0.1, -0.05) is 0 Å². The fraction of sp³-hybridized carbons (Fsp3) is 0. The lowest BCUT2D eigenvalue weighted by molar-refractivity contribution is 0.630. The van der Waals surface area contributed by atoms with Crippen molar-refractivity contribution in [2.24, 2.45) is 0 Å². The van der Waals surface area contributed by atoms with Gasteiger partial charge in [-0.25, -0.2) is 9.18 Å². The maximum absolute atomic E-state index is 13.0. The number of aromatic nitrogens is 2. The van der Waals surface area contributed by atoms with Gasteiger partial charge in [-0.05, 0) is 12.1 Å². The van der Waals surface area contributed by atoms with E-state index in [2.05, 4.69) is 0 Å². The van der Waals surface area contributed by atoms with E-state index >= 15 is 0 Å². The van der Waals surface area contributed by atoms with Gasteiger partial charge in [0, 0.05) is 12.3 Å². The molecule has 2 rings (SSSR count). The van der Waals surface area contributed by atoms with Crippen LogP contribution >= 0.6 is 0 Å². The van der Waals surface area contributed by atoms with Gasteiger partial charge in [-0.15, -0.1) is 0 Å². The highest BCUT2D eigenvalue weighted by Gasteiger charge is 2.01. The molecule has 1 N–H and O–H groups in total. The molecule has 2 aromatic rings. The number of rotatable bonds is 0. The van der Waals surface area contributed by atoms with Gasteiger partial charge in [0.25, 0.3) is 5.56 Å². The van der Waals surface area contributed by atoms with Gasteiger partial charge in [0.05, 0.1) is 5.52 Å². The molecule has 0 aromatic carbocycles. The third kappa shape index (κ3) is 1.14. The van der Waals surface area contributed by atoms with Crippen molar-refractivity contribution < 1.29 is 4.39 Å². The van der Waals surface area contributed by atoms with Crippen LogP contribution in [0.15, 0.2) is 34.0 Å². The predicted molar refractivity (Wildman–Crippen MR) is 44.2 cm³/mol. The number of hydrogen-bond donors (Lipinski definition) is 1. The lowest BCUT2D eigenvalue weighted by Gasteiger charge is -1.98. The molecule has 2 aromatic heterocycles. The van der Waals surface area contributed by atoms with Crippen molar-refractivity contribution in [3.8, 4) is 0 Å². The Morgan fingerprint density at radius 1 is 1.38 bits per heavy atom. The molecule has 0 radical (unpaired) electrons. The number of hydrogen-bond acceptors (Lipinski definition) is 2. The van der Waals surface area contributed by atoms with Crippen LogP contribution in [0.4, 0.5) is 4.39 Å². The summed E-state index contributed by atoms with van der Waals surface area (Å²) in [6.45, 7) is 0. The summed E-state index contributed by atoms with van der Waals surface area (Å²) in [5, 5.41) is 0. The van der Waals surface area contributed by atoms with Crippen molar-refractivity contribution in [1.29, 1.82) is 0 Å². The van der Waals surface area contributed by atoms with Crippen LogP contribution in [0.25, 0.3) is 5.52 Å². The second-order valence-corrected chi connectivity index (χ2v) is 2.55. The Bertz CT molecular complexity index is 570. The van der Waals surface area contributed by atoms with E-state index in [1.807, 2.05) is 4.98 Å². The SMILES string of the molecule is O=c1cc2c(F)cccn2c(=O)[nH]1. The molecule has 0 amide bonds. The molecule has 0 atom stereocenters. The first kappa shape index (κ1) is 7.72. The van der Waals surface area contributed by atoms with Crippen LogP contribution in [0.3, 0.4) is 0 Å². The highest BCUT2D eigenvalue weighted by atomic mass is 19.1. The molecule has 0 unspecified atom stereocenters. The summed E-state index contributed by atoms with van der Waals surface area (Å²) < 4.78 is 14.1. The first-order valence-corrected chi connectivity index (χ1v) is 3.59. The molecule has 0 spiro atoms. The van der Waals surface area contributed by atoms with Crippen molar-refractivity contribution in [2.75, 3.05) is 0 Å². The van der Waals surface area contributed by atoms with Gasteiger partial charge in [0.1, 0.15) is 5.82 Å². The molecule has 0 aliphatic heterocycles. The lowest BCUT2D eigenvalue weighted by atomic mass is 10.3. The van der Waals surface area contributed by atoms with Gasteiger partial charge in [-0.2, -0.15) is 0 Å². The van der Waals surface area contributed by atoms with E-state index in [1.165, 1.54) is 18.3 Å². The summed E-state index contributed by atoms with van der Waals surface area (Å²) in [4.78, 5) is 23.9. The Morgan fingerprint density at radius 2 is 2.15 bits per heavy atom. The van der Waals surface area contributed by atoms with Gasteiger partial charge < -0.3 is 0 Å². The van der Waals surface area contributed by atoms with Crippen LogP contribution in [-0.4, -0.2) is 9.38 Å². The quantitative estimate of drug-likeness (QED) is 0.626. The highest BCUT2D eigenvalue weighted by Crippen LogP contribution is 2.02. The van der Waals surface area contributed by atoms with Crippen molar-refractivity contribution in [2.45, 2.75) is 0 Å². The Hall–Kier alpha value is -1.91. The monoisotopic (exact) mass is 180 g/mol. The number of halogens is 1. The summed E-state index contributed by atoms with van der Waals surface area (Å²) >= 11 is 0. The third-order valence-corrected chi connectivity index (χ3v) is 1.70. The summed E-state index contributed by atoms with van der Waals surface area (Å²) in [6.07, 6.45) is 1.39. The zero-order chi connectivity index (χ0) is 9.42. The van der Waals surface area contributed by atoms with E-state index in [0.29, 0.717) is 0 Å². The molecule has 0 saturated heterocycles. The van der Waals surface area contributed by atoms with E-state index in [1.54, 1.807) is 0 Å². The van der Waals surface area contributed by atoms with Crippen molar-refractivity contribution >= 4 is 5.52 Å². The minimum Gasteiger partial charge on any atom is -0.274 e. The molecule has 0 bridgehead atoms. The fourth-order valence-corrected chi connectivity index (χ4v) is 1.14. The molecular formula is C8H5FN2O2. The Morgan fingerprint density at radius 3 is 2.92 bits per heavy atom. The maximum atomic E-state index is 13.0. The van der Waals surface area contributed by atoms with E-state index in [4.69, 9.17) is 0 Å². The van der Waals surface area contributed by atoms with E-state index in [9.17, 15) is 14.0 Å². The average molecular weight is 180 g/mol. The normalized spacial score (nSPS) is 10.5. The molecule has 66 valence electrons. The molecule has 4 nitrogen and oxygen atoms in total. The molecule has 0 fully saturated rings. The molecule has 0 aliphatic carbocycles. The summed E-state index contributed by atoms with van der Waals surface area (Å²) in [5.74, 6) is -0.592. The predicted octanol–water partition coefficient (Wildman–Crippen LogP) is 0.127. The fourth-order valence-electron chi connectivity index (χ4n) is 1.14. The third-order valence-electron chi connectivity index (χ3n) is 1.70. The van der Waals surface area contributed by atoms with E-state index in [-0.39, 0.29) is 5.52 Å². The van der Waals surface area contributed by atoms with Crippen molar-refractivity contribution in [3.05, 3.63) is 51.1 Å². The van der Waals surface area contributed by atoms with E-state index < -0.39 is 17.1 Å².